The molecule has 1 N–H and O–H groups in total. The highest BCUT2D eigenvalue weighted by atomic mass is 32.1. The predicted molar refractivity (Wildman–Crippen MR) is 129 cm³/mol. The maximum atomic E-state index is 12.9. The number of carbonyl (C=O) groups is 1. The van der Waals surface area contributed by atoms with E-state index in [9.17, 15) is 4.79 Å². The van der Waals surface area contributed by atoms with Crippen LogP contribution in [0.15, 0.2) is 67.1 Å². The van der Waals surface area contributed by atoms with Gasteiger partial charge in [-0.2, -0.15) is 5.10 Å². The van der Waals surface area contributed by atoms with E-state index in [1.54, 1.807) is 22.3 Å². The molecule has 0 atom stereocenters. The Balaban J connectivity index is 1.06. The number of hydrogen-bond acceptors (Lipinski definition) is 8. The molecule has 5 aromatic rings. The second kappa shape index (κ2) is 8.67. The van der Waals surface area contributed by atoms with Crippen LogP contribution in [0.25, 0.3) is 22.0 Å². The normalized spacial score (nSPS) is 14.5. The lowest BCUT2D eigenvalue weighted by atomic mass is 9.95. The van der Waals surface area contributed by atoms with Gasteiger partial charge in [-0.1, -0.05) is 12.1 Å². The van der Waals surface area contributed by atoms with E-state index >= 15 is 0 Å². The van der Waals surface area contributed by atoms with Crippen molar-refractivity contribution in [1.29, 1.82) is 0 Å². The molecule has 1 amide bonds. The lowest BCUT2D eigenvalue weighted by Gasteiger charge is -2.32. The molecule has 170 valence electrons. The summed E-state index contributed by atoms with van der Waals surface area (Å²) in [6.45, 7) is 1.50. The number of imidazole rings is 1. The van der Waals surface area contributed by atoms with Crippen molar-refractivity contribution >= 4 is 33.7 Å². The summed E-state index contributed by atoms with van der Waals surface area (Å²) in [6.07, 6.45) is 10.1. The van der Waals surface area contributed by atoms with E-state index in [4.69, 9.17) is 0 Å². The number of benzene rings is 1. The van der Waals surface area contributed by atoms with Gasteiger partial charge in [0, 0.05) is 54.1 Å². The van der Waals surface area contributed by atoms with Gasteiger partial charge >= 0.3 is 0 Å². The molecular weight excluding hydrogens is 450 g/mol. The summed E-state index contributed by atoms with van der Waals surface area (Å²) in [5.74, 6) is 1.52. The van der Waals surface area contributed by atoms with Crippen molar-refractivity contribution < 1.29 is 4.79 Å². The molecule has 1 aliphatic heterocycles. The lowest BCUT2D eigenvalue weighted by molar-refractivity contribution is -0.120. The second-order valence-electron chi connectivity index (χ2n) is 8.12. The van der Waals surface area contributed by atoms with Crippen LogP contribution in [0.4, 0.5) is 11.5 Å². The Bertz CT molecular complexity index is 1390. The second-order valence-corrected chi connectivity index (χ2v) is 8.99. The summed E-state index contributed by atoms with van der Waals surface area (Å²) in [6, 6.07) is 9.74. The highest BCUT2D eigenvalue weighted by Crippen LogP contribution is 2.26. The Labute approximate surface area is 199 Å². The molecule has 0 radical (unpaired) electrons. The summed E-state index contributed by atoms with van der Waals surface area (Å²) in [5, 5.41) is 9.20. The summed E-state index contributed by atoms with van der Waals surface area (Å²) < 4.78 is 3.62. The molecule has 1 aliphatic rings. The van der Waals surface area contributed by atoms with E-state index in [1.807, 2.05) is 52.5 Å². The first-order valence-corrected chi connectivity index (χ1v) is 11.9. The van der Waals surface area contributed by atoms with Crippen molar-refractivity contribution in [1.82, 2.24) is 34.1 Å². The Kier molecular flexibility index (Phi) is 5.22. The van der Waals surface area contributed by atoms with Crippen LogP contribution in [0.5, 0.6) is 0 Å². The largest absolute Gasteiger partial charge is 0.356 e. The van der Waals surface area contributed by atoms with Gasteiger partial charge < -0.3 is 10.2 Å². The molecular formula is C23H21N9OS. The monoisotopic (exact) mass is 471 g/mol. The maximum absolute atomic E-state index is 12.9. The predicted octanol–water partition coefficient (Wildman–Crippen LogP) is 3.29. The van der Waals surface area contributed by atoms with Crippen LogP contribution < -0.4 is 10.2 Å². The smallest absolute Gasteiger partial charge is 0.227 e. The van der Waals surface area contributed by atoms with Crippen molar-refractivity contribution in [2.45, 2.75) is 12.8 Å². The third-order valence-electron chi connectivity index (χ3n) is 6.02. The molecule has 5 heterocycles. The lowest BCUT2D eigenvalue weighted by Crippen LogP contribution is -2.38. The highest BCUT2D eigenvalue weighted by molar-refractivity contribution is 7.15. The van der Waals surface area contributed by atoms with Gasteiger partial charge in [-0.3, -0.25) is 9.20 Å². The Morgan fingerprint density at radius 2 is 1.88 bits per heavy atom. The molecule has 10 nitrogen and oxygen atoms in total. The molecule has 1 fully saturated rings. The van der Waals surface area contributed by atoms with Crippen molar-refractivity contribution in [3.05, 3.63) is 67.1 Å². The van der Waals surface area contributed by atoms with Crippen LogP contribution >= 0.6 is 11.3 Å². The molecule has 0 spiro atoms. The number of hydrogen-bond donors (Lipinski definition) is 1. The minimum absolute atomic E-state index is 0.0347. The topological polar surface area (TPSA) is 106 Å². The minimum atomic E-state index is -0.0347. The van der Waals surface area contributed by atoms with Crippen LogP contribution in [0, 0.1) is 5.92 Å². The van der Waals surface area contributed by atoms with Crippen LogP contribution in [0.1, 0.15) is 12.8 Å². The third kappa shape index (κ3) is 4.01. The molecule has 1 aromatic carbocycles. The first kappa shape index (κ1) is 20.5. The molecule has 1 saturated heterocycles. The molecule has 6 rings (SSSR count). The van der Waals surface area contributed by atoms with E-state index in [0.717, 1.165) is 53.7 Å². The van der Waals surface area contributed by atoms with Crippen LogP contribution in [0.3, 0.4) is 0 Å². The molecule has 0 bridgehead atoms. The number of amides is 1. The van der Waals surface area contributed by atoms with Crippen LogP contribution in [-0.4, -0.2) is 53.1 Å². The Hall–Kier alpha value is -4.12. The van der Waals surface area contributed by atoms with E-state index in [0.29, 0.717) is 5.82 Å². The highest BCUT2D eigenvalue weighted by Gasteiger charge is 2.26. The summed E-state index contributed by atoms with van der Waals surface area (Å²) in [5.41, 5.74) is 2.75. The Morgan fingerprint density at radius 3 is 2.65 bits per heavy atom. The summed E-state index contributed by atoms with van der Waals surface area (Å²) >= 11 is 1.61. The fourth-order valence-corrected chi connectivity index (χ4v) is 4.87. The first-order valence-electron chi connectivity index (χ1n) is 11.0. The third-order valence-corrected chi connectivity index (χ3v) is 6.79. The minimum Gasteiger partial charge on any atom is -0.356 e. The number of carbonyl (C=O) groups excluding carboxylic acids is 1. The number of piperidine rings is 1. The van der Waals surface area contributed by atoms with Gasteiger partial charge in [0.15, 0.2) is 10.8 Å². The van der Waals surface area contributed by atoms with E-state index in [-0.39, 0.29) is 11.8 Å². The fraction of sp³-hybridized carbons (Fsp3) is 0.217. The average molecular weight is 472 g/mol. The summed E-state index contributed by atoms with van der Waals surface area (Å²) in [7, 11) is 0. The molecule has 4 aromatic heterocycles. The molecule has 11 heteroatoms. The molecule has 0 saturated carbocycles. The molecule has 0 aliphatic carbocycles. The van der Waals surface area contributed by atoms with Gasteiger partial charge in [0.1, 0.15) is 24.8 Å². The number of rotatable bonds is 5. The number of fused-ring (bicyclic) bond motifs is 1. The van der Waals surface area contributed by atoms with Gasteiger partial charge in [0.25, 0.3) is 0 Å². The number of nitrogens with one attached hydrogen (secondary N) is 1. The Morgan fingerprint density at radius 1 is 1.06 bits per heavy atom. The molecule has 0 unspecified atom stereocenters. The maximum Gasteiger partial charge on any atom is 0.227 e. The van der Waals surface area contributed by atoms with Gasteiger partial charge in [0.2, 0.25) is 5.91 Å². The van der Waals surface area contributed by atoms with Gasteiger partial charge in [-0.25, -0.2) is 24.6 Å². The van der Waals surface area contributed by atoms with Gasteiger partial charge in [0.05, 0.1) is 5.69 Å². The SMILES string of the molecule is O=C(Nc1ccc(-c2cn3ccsc3n2)cc1)C1CCN(c2cc(-n3cncn3)ncn2)CC1. The van der Waals surface area contributed by atoms with E-state index in [2.05, 4.69) is 35.3 Å². The van der Waals surface area contributed by atoms with Gasteiger partial charge in [-0.15, -0.1) is 11.3 Å². The standard InChI is InChI=1S/C23H21N9OS/c33-22(28-18-3-1-16(2-4-18)19-12-31-9-10-34-23(31)29-19)17-5-7-30(8-6-17)20-11-21(26-14-25-20)32-15-24-13-27-32/h1-4,9-15,17H,5-8H2,(H,28,33). The van der Waals surface area contributed by atoms with Crippen molar-refractivity contribution in [3.63, 3.8) is 0 Å². The average Bonchev–Trinajstić information content (AvgIpc) is 3.63. The number of nitrogens with zero attached hydrogens (tertiary/aromatic N) is 8. The van der Waals surface area contributed by atoms with E-state index < -0.39 is 0 Å². The van der Waals surface area contributed by atoms with Crippen molar-refractivity contribution in [2.75, 3.05) is 23.3 Å². The van der Waals surface area contributed by atoms with E-state index in [1.165, 1.54) is 12.7 Å². The first-order chi connectivity index (χ1) is 16.7. The zero-order chi connectivity index (χ0) is 22.9. The number of thiazole rings is 1. The zero-order valence-corrected chi connectivity index (χ0v) is 19.0. The number of anilines is 2. The van der Waals surface area contributed by atoms with Crippen LogP contribution in [-0.2, 0) is 4.79 Å². The zero-order valence-electron chi connectivity index (χ0n) is 18.2. The number of aromatic nitrogens is 7. The van der Waals surface area contributed by atoms with Crippen molar-refractivity contribution in [2.24, 2.45) is 5.92 Å². The molecule has 34 heavy (non-hydrogen) atoms. The fourth-order valence-electron chi connectivity index (χ4n) is 4.17. The van der Waals surface area contributed by atoms with Crippen molar-refractivity contribution in [3.8, 4) is 17.1 Å². The van der Waals surface area contributed by atoms with Gasteiger partial charge in [-0.05, 0) is 25.0 Å². The quantitative estimate of drug-likeness (QED) is 0.419. The van der Waals surface area contributed by atoms with Crippen LogP contribution in [0.2, 0.25) is 0 Å². The summed E-state index contributed by atoms with van der Waals surface area (Å²) in [4.78, 5) is 33.3.